The predicted octanol–water partition coefficient (Wildman–Crippen LogP) is 5.31. The first kappa shape index (κ1) is 14.7. The molecular formula is C17H18BrClN2. The van der Waals surface area contributed by atoms with Crippen LogP contribution in [-0.4, -0.2) is 13.1 Å². The third-order valence-corrected chi connectivity index (χ3v) is 5.04. The van der Waals surface area contributed by atoms with Gasteiger partial charge >= 0.3 is 0 Å². The van der Waals surface area contributed by atoms with Crippen molar-refractivity contribution < 1.29 is 0 Å². The molecule has 1 fully saturated rings. The van der Waals surface area contributed by atoms with E-state index in [1.165, 1.54) is 37.2 Å². The van der Waals surface area contributed by atoms with E-state index in [4.69, 9.17) is 11.6 Å². The molecule has 2 nitrogen and oxygen atoms in total. The zero-order valence-corrected chi connectivity index (χ0v) is 14.1. The van der Waals surface area contributed by atoms with Crippen LogP contribution in [0.3, 0.4) is 0 Å². The molecule has 2 aromatic rings. The number of hydrogen-bond donors (Lipinski definition) is 1. The molecule has 1 N–H and O–H groups in total. The Balaban J connectivity index is 1.61. The highest BCUT2D eigenvalue weighted by molar-refractivity contribution is 9.10. The summed E-state index contributed by atoms with van der Waals surface area (Å²) >= 11 is 9.44. The van der Waals surface area contributed by atoms with Crippen molar-refractivity contribution in [3.05, 3.63) is 57.5 Å². The second kappa shape index (κ2) is 6.71. The van der Waals surface area contributed by atoms with Crippen LogP contribution >= 0.6 is 27.5 Å². The van der Waals surface area contributed by atoms with Crippen LogP contribution in [-0.2, 0) is 6.54 Å². The fraction of sp³-hybridized carbons (Fsp3) is 0.294. The summed E-state index contributed by atoms with van der Waals surface area (Å²) in [4.78, 5) is 2.45. The number of halogens is 2. The Kier molecular flexibility index (Phi) is 4.71. The summed E-state index contributed by atoms with van der Waals surface area (Å²) < 4.78 is 0.915. The molecule has 1 saturated heterocycles. The molecule has 1 heterocycles. The third-order valence-electron chi connectivity index (χ3n) is 3.82. The number of benzene rings is 2. The Bertz CT molecular complexity index is 607. The highest BCUT2D eigenvalue weighted by atomic mass is 79.9. The van der Waals surface area contributed by atoms with Crippen molar-refractivity contribution in [3.8, 4) is 0 Å². The molecule has 4 heteroatoms. The number of nitrogens with zero attached hydrogens (tertiary/aromatic N) is 1. The molecule has 0 aromatic heterocycles. The Morgan fingerprint density at radius 2 is 1.76 bits per heavy atom. The van der Waals surface area contributed by atoms with Gasteiger partial charge in [-0.2, -0.15) is 0 Å². The van der Waals surface area contributed by atoms with Crippen molar-refractivity contribution in [1.29, 1.82) is 0 Å². The Labute approximate surface area is 139 Å². The van der Waals surface area contributed by atoms with Gasteiger partial charge < -0.3 is 10.2 Å². The van der Waals surface area contributed by atoms with E-state index in [1.54, 1.807) is 0 Å². The van der Waals surface area contributed by atoms with Gasteiger partial charge in [-0.3, -0.25) is 0 Å². The molecule has 0 amide bonds. The molecule has 110 valence electrons. The lowest BCUT2D eigenvalue weighted by molar-refractivity contribution is 0.949. The normalized spacial score (nSPS) is 14.5. The van der Waals surface area contributed by atoms with Crippen LogP contribution in [0.15, 0.2) is 46.9 Å². The van der Waals surface area contributed by atoms with Crippen molar-refractivity contribution in [2.24, 2.45) is 0 Å². The molecule has 3 rings (SSSR count). The lowest BCUT2D eigenvalue weighted by Gasteiger charge is -2.17. The molecule has 0 saturated carbocycles. The molecular weight excluding hydrogens is 348 g/mol. The molecule has 1 aliphatic rings. The fourth-order valence-electron chi connectivity index (χ4n) is 2.61. The average Bonchev–Trinajstić information content (AvgIpc) is 3.03. The summed E-state index contributed by atoms with van der Waals surface area (Å²) in [6.45, 7) is 3.20. The second-order valence-electron chi connectivity index (χ2n) is 5.34. The van der Waals surface area contributed by atoms with E-state index in [0.29, 0.717) is 0 Å². The molecule has 0 atom stereocenters. The summed E-state index contributed by atoms with van der Waals surface area (Å²) in [6, 6.07) is 14.7. The van der Waals surface area contributed by atoms with E-state index in [-0.39, 0.29) is 0 Å². The molecule has 0 radical (unpaired) electrons. The average molecular weight is 366 g/mol. The maximum Gasteiger partial charge on any atom is 0.0549 e. The van der Waals surface area contributed by atoms with Crippen LogP contribution in [0.5, 0.6) is 0 Å². The van der Waals surface area contributed by atoms with Gasteiger partial charge in [0.05, 0.1) is 5.02 Å². The van der Waals surface area contributed by atoms with E-state index < -0.39 is 0 Å². The summed E-state index contributed by atoms with van der Waals surface area (Å²) in [6.07, 6.45) is 2.63. The van der Waals surface area contributed by atoms with Crippen LogP contribution in [0, 0.1) is 0 Å². The molecule has 0 unspecified atom stereocenters. The molecule has 0 spiro atoms. The van der Waals surface area contributed by atoms with E-state index in [2.05, 4.69) is 50.4 Å². The highest BCUT2D eigenvalue weighted by Gasteiger charge is 2.11. The predicted molar refractivity (Wildman–Crippen MR) is 94.4 cm³/mol. The van der Waals surface area contributed by atoms with Gasteiger partial charge in [0, 0.05) is 35.5 Å². The van der Waals surface area contributed by atoms with Crippen molar-refractivity contribution in [2.45, 2.75) is 19.4 Å². The molecule has 2 aromatic carbocycles. The third kappa shape index (κ3) is 3.72. The van der Waals surface area contributed by atoms with Crippen molar-refractivity contribution in [1.82, 2.24) is 0 Å². The standard InChI is InChI=1S/C17H18BrClN2/c18-16-11-14(5-8-17(16)19)20-12-13-3-6-15(7-4-13)21-9-1-2-10-21/h3-8,11,20H,1-2,9-10,12H2. The number of anilines is 2. The Hall–Kier alpha value is -1.19. The minimum Gasteiger partial charge on any atom is -0.381 e. The number of hydrogen-bond acceptors (Lipinski definition) is 2. The quantitative estimate of drug-likeness (QED) is 0.789. The van der Waals surface area contributed by atoms with E-state index in [9.17, 15) is 0 Å². The second-order valence-corrected chi connectivity index (χ2v) is 6.60. The van der Waals surface area contributed by atoms with Gasteiger partial charge in [0.15, 0.2) is 0 Å². The van der Waals surface area contributed by atoms with Crippen molar-refractivity contribution in [2.75, 3.05) is 23.3 Å². The summed E-state index contributed by atoms with van der Waals surface area (Å²) in [7, 11) is 0. The molecule has 1 aliphatic heterocycles. The maximum absolute atomic E-state index is 6.00. The van der Waals surface area contributed by atoms with Gasteiger partial charge in [0.1, 0.15) is 0 Å². The zero-order valence-electron chi connectivity index (χ0n) is 11.8. The van der Waals surface area contributed by atoms with Gasteiger partial charge in [-0.1, -0.05) is 23.7 Å². The monoisotopic (exact) mass is 364 g/mol. The molecule has 0 aliphatic carbocycles. The van der Waals surface area contributed by atoms with Gasteiger partial charge in [-0.25, -0.2) is 0 Å². The van der Waals surface area contributed by atoms with Crippen molar-refractivity contribution in [3.63, 3.8) is 0 Å². The number of nitrogens with one attached hydrogen (secondary N) is 1. The van der Waals surface area contributed by atoms with Gasteiger partial charge in [0.25, 0.3) is 0 Å². The van der Waals surface area contributed by atoms with Crippen molar-refractivity contribution >= 4 is 38.9 Å². The maximum atomic E-state index is 6.00. The lowest BCUT2D eigenvalue weighted by Crippen LogP contribution is -2.17. The van der Waals surface area contributed by atoms with Gasteiger partial charge in [-0.05, 0) is 64.7 Å². The smallest absolute Gasteiger partial charge is 0.0549 e. The highest BCUT2D eigenvalue weighted by Crippen LogP contribution is 2.26. The van der Waals surface area contributed by atoms with E-state index in [1.807, 2.05) is 18.2 Å². The van der Waals surface area contributed by atoms with Crippen LogP contribution < -0.4 is 10.2 Å². The van der Waals surface area contributed by atoms with E-state index >= 15 is 0 Å². The fourth-order valence-corrected chi connectivity index (χ4v) is 3.11. The summed E-state index contributed by atoms with van der Waals surface area (Å²) in [5, 5.41) is 4.15. The van der Waals surface area contributed by atoms with Crippen LogP contribution in [0.4, 0.5) is 11.4 Å². The van der Waals surface area contributed by atoms with Gasteiger partial charge in [0.2, 0.25) is 0 Å². The zero-order chi connectivity index (χ0) is 14.7. The first-order chi connectivity index (χ1) is 10.2. The van der Waals surface area contributed by atoms with Crippen LogP contribution in [0.2, 0.25) is 5.02 Å². The SMILES string of the molecule is Clc1ccc(NCc2ccc(N3CCCC3)cc2)cc1Br. The molecule has 21 heavy (non-hydrogen) atoms. The first-order valence-corrected chi connectivity index (χ1v) is 8.42. The van der Waals surface area contributed by atoms with Crippen LogP contribution in [0.1, 0.15) is 18.4 Å². The lowest BCUT2D eigenvalue weighted by atomic mass is 10.2. The minimum absolute atomic E-state index is 0.732. The van der Waals surface area contributed by atoms with Crippen LogP contribution in [0.25, 0.3) is 0 Å². The molecule has 0 bridgehead atoms. The topological polar surface area (TPSA) is 15.3 Å². The Morgan fingerprint density at radius 3 is 2.43 bits per heavy atom. The largest absolute Gasteiger partial charge is 0.381 e. The van der Waals surface area contributed by atoms with Gasteiger partial charge in [-0.15, -0.1) is 0 Å². The summed E-state index contributed by atoms with van der Waals surface area (Å²) in [5.74, 6) is 0. The first-order valence-electron chi connectivity index (χ1n) is 7.25. The summed E-state index contributed by atoms with van der Waals surface area (Å²) in [5.41, 5.74) is 3.68. The Morgan fingerprint density at radius 1 is 1.05 bits per heavy atom. The van der Waals surface area contributed by atoms with E-state index in [0.717, 1.165) is 21.7 Å². The number of rotatable bonds is 4. The minimum atomic E-state index is 0.732.